The van der Waals surface area contributed by atoms with Crippen LogP contribution < -0.4 is 22.2 Å². The zero-order valence-electron chi connectivity index (χ0n) is 20.8. The van der Waals surface area contributed by atoms with Gasteiger partial charge < -0.3 is 21.4 Å². The van der Waals surface area contributed by atoms with Gasteiger partial charge in [-0.2, -0.15) is 9.65 Å². The van der Waals surface area contributed by atoms with Crippen LogP contribution in [0.1, 0.15) is 31.4 Å². The number of hydrogen-bond acceptors (Lipinski definition) is 9. The second-order valence-electron chi connectivity index (χ2n) is 8.64. The highest BCUT2D eigenvalue weighted by Crippen LogP contribution is 2.36. The zero-order valence-corrected chi connectivity index (χ0v) is 20.5. The maximum absolute atomic E-state index is 13.8. The second kappa shape index (κ2) is 10.5. The van der Waals surface area contributed by atoms with Gasteiger partial charge in [-0.05, 0) is 36.6 Å². The third-order valence-electron chi connectivity index (χ3n) is 5.88. The molecule has 38 heavy (non-hydrogen) atoms. The van der Waals surface area contributed by atoms with Crippen molar-refractivity contribution in [2.75, 3.05) is 10.6 Å². The average molecular weight is 535 g/mol. The van der Waals surface area contributed by atoms with E-state index in [0.29, 0.717) is 22.2 Å². The number of nitrogens with one attached hydrogen (secondary N) is 2. The number of nitrogens with two attached hydrogens (primary N) is 2. The molecule has 0 radical (unpaired) electrons. The normalized spacial score (nSPS) is 15.3. The number of rotatable bonds is 8. The predicted molar refractivity (Wildman–Crippen MR) is 141 cm³/mol. The maximum atomic E-state index is 13.8. The summed E-state index contributed by atoms with van der Waals surface area (Å²) >= 11 is 6.58. The molecule has 5 rings (SSSR count). The number of benzene rings is 1. The number of hydrogen-bond donors (Lipinski definition) is 4. The van der Waals surface area contributed by atoms with E-state index >= 15 is 0 Å². The summed E-state index contributed by atoms with van der Waals surface area (Å²) in [6.45, 7) is 0. The minimum atomic E-state index is -1.71. The first kappa shape index (κ1) is 23.8. The van der Waals surface area contributed by atoms with Crippen molar-refractivity contribution >= 4 is 39.6 Å². The zero-order chi connectivity index (χ0) is 27.7. The smallest absolute Gasteiger partial charge is 0.249 e. The summed E-state index contributed by atoms with van der Waals surface area (Å²) in [6.07, 6.45) is 8.89. The highest BCUT2D eigenvalue weighted by molar-refractivity contribution is 6.36. The minimum absolute atomic E-state index is 0.105. The molecule has 0 saturated heterocycles. The molecule has 1 aliphatic rings. The summed E-state index contributed by atoms with van der Waals surface area (Å²) in [7, 11) is 0. The maximum Gasteiger partial charge on any atom is 0.249 e. The molecule has 1 aromatic carbocycles. The Morgan fingerprint density at radius 3 is 2.74 bits per heavy atom. The number of halogens is 3. The molecule has 1 unspecified atom stereocenters. The molecule has 0 aliphatic heterocycles. The van der Waals surface area contributed by atoms with Gasteiger partial charge in [-0.25, -0.2) is 15.2 Å². The van der Waals surface area contributed by atoms with Crippen LogP contribution in [0.4, 0.5) is 25.8 Å². The summed E-state index contributed by atoms with van der Waals surface area (Å²) in [4.78, 5) is 11.8. The molecule has 1 saturated carbocycles. The molecule has 1 fully saturated rings. The number of hydrazine groups is 1. The topological polar surface area (TPSA) is 142 Å². The molecule has 0 amide bonds. The van der Waals surface area contributed by atoms with Crippen molar-refractivity contribution < 1.29 is 10.2 Å². The van der Waals surface area contributed by atoms with Crippen LogP contribution in [0.2, 0.25) is 5.02 Å². The van der Waals surface area contributed by atoms with Crippen LogP contribution in [0, 0.1) is 23.1 Å². The largest absolute Gasteiger partial charge is 0.399 e. The van der Waals surface area contributed by atoms with Crippen molar-refractivity contribution in [1.82, 2.24) is 20.0 Å². The monoisotopic (exact) mass is 534 g/mol. The van der Waals surface area contributed by atoms with E-state index in [2.05, 4.69) is 25.6 Å². The summed E-state index contributed by atoms with van der Waals surface area (Å²) < 4.78 is 36.6. The van der Waals surface area contributed by atoms with E-state index in [1.807, 2.05) is 6.07 Å². The fourth-order valence-electron chi connectivity index (χ4n) is 3.85. The first-order valence-corrected chi connectivity index (χ1v) is 11.9. The Bertz CT molecular complexity index is 1630. The van der Waals surface area contributed by atoms with Gasteiger partial charge in [0.1, 0.15) is 6.07 Å². The van der Waals surface area contributed by atoms with Gasteiger partial charge in [0.05, 0.1) is 46.8 Å². The van der Waals surface area contributed by atoms with Crippen molar-refractivity contribution in [3.05, 3.63) is 94.9 Å². The average Bonchev–Trinajstić information content (AvgIpc) is 3.77. The number of pyridine rings is 3. The SMILES string of the molecule is [2H]C(Nc1cc(Cl)c2ncc(C#N)c(Nc3cnc(F)c(F)c3)c2c1)(/C(N)=C/N(N)C1CC1)c1cccnc1. The van der Waals surface area contributed by atoms with Crippen LogP contribution in [0.5, 0.6) is 0 Å². The van der Waals surface area contributed by atoms with Gasteiger partial charge in [-0.1, -0.05) is 17.7 Å². The van der Waals surface area contributed by atoms with Crippen LogP contribution in [-0.4, -0.2) is 26.0 Å². The minimum Gasteiger partial charge on any atom is -0.399 e. The van der Waals surface area contributed by atoms with Crippen molar-refractivity contribution in [2.45, 2.75) is 24.9 Å². The molecule has 6 N–H and O–H groups in total. The molecule has 0 spiro atoms. The molecule has 3 aromatic heterocycles. The summed E-state index contributed by atoms with van der Waals surface area (Å²) in [5.74, 6) is 3.71. The van der Waals surface area contributed by atoms with Crippen molar-refractivity contribution in [3.63, 3.8) is 0 Å². The van der Waals surface area contributed by atoms with Gasteiger partial charge in [-0.15, -0.1) is 0 Å². The molecule has 9 nitrogen and oxygen atoms in total. The van der Waals surface area contributed by atoms with Crippen LogP contribution in [-0.2, 0) is 0 Å². The summed E-state index contributed by atoms with van der Waals surface area (Å²) in [5, 5.41) is 17.8. The van der Waals surface area contributed by atoms with Gasteiger partial charge in [0, 0.05) is 48.0 Å². The Kier molecular flexibility index (Phi) is 6.56. The third-order valence-corrected chi connectivity index (χ3v) is 6.16. The molecule has 0 bridgehead atoms. The number of aromatic nitrogens is 3. The Morgan fingerprint density at radius 1 is 1.24 bits per heavy atom. The molecule has 1 aliphatic carbocycles. The second-order valence-corrected chi connectivity index (χ2v) is 9.05. The van der Waals surface area contributed by atoms with Crippen molar-refractivity contribution in [1.29, 1.82) is 5.26 Å². The molecule has 4 aromatic rings. The quantitative estimate of drug-likeness (QED) is 0.141. The number of anilines is 3. The Balaban J connectivity index is 1.61. The van der Waals surface area contributed by atoms with Crippen LogP contribution >= 0.6 is 11.6 Å². The van der Waals surface area contributed by atoms with Gasteiger partial charge >= 0.3 is 0 Å². The van der Waals surface area contributed by atoms with E-state index in [0.717, 1.165) is 25.1 Å². The Labute approximate surface area is 223 Å². The highest BCUT2D eigenvalue weighted by atomic mass is 35.5. The predicted octanol–water partition coefficient (Wildman–Crippen LogP) is 4.86. The van der Waals surface area contributed by atoms with E-state index in [-0.39, 0.29) is 33.7 Å². The highest BCUT2D eigenvalue weighted by Gasteiger charge is 2.26. The molecule has 3 heterocycles. The molecular formula is C26H22ClF2N9. The Morgan fingerprint density at radius 2 is 2.05 bits per heavy atom. The van der Waals surface area contributed by atoms with Crippen LogP contribution in [0.3, 0.4) is 0 Å². The molecule has 12 heteroatoms. The summed E-state index contributed by atoms with van der Waals surface area (Å²) in [5.41, 5.74) is 8.15. The van der Waals surface area contributed by atoms with Gasteiger partial charge in [-0.3, -0.25) is 9.97 Å². The van der Waals surface area contributed by atoms with Crippen LogP contribution in [0.15, 0.2) is 67.0 Å². The fourth-order valence-corrected chi connectivity index (χ4v) is 4.12. The third kappa shape index (κ3) is 5.27. The van der Waals surface area contributed by atoms with Gasteiger partial charge in [0.15, 0.2) is 5.82 Å². The number of nitrogens with zero attached hydrogens (tertiary/aromatic N) is 5. The lowest BCUT2D eigenvalue weighted by molar-refractivity contribution is 0.378. The molecular weight excluding hydrogens is 512 g/mol. The first-order valence-electron chi connectivity index (χ1n) is 12.0. The van der Waals surface area contributed by atoms with Crippen molar-refractivity contribution in [3.8, 4) is 6.07 Å². The summed E-state index contributed by atoms with van der Waals surface area (Å²) in [6, 6.07) is 7.97. The first-order chi connectivity index (χ1) is 18.7. The molecule has 192 valence electrons. The van der Waals surface area contributed by atoms with Crippen molar-refractivity contribution in [2.24, 2.45) is 11.6 Å². The van der Waals surface area contributed by atoms with E-state index in [9.17, 15) is 15.4 Å². The number of fused-ring (bicyclic) bond motifs is 1. The van der Waals surface area contributed by atoms with Gasteiger partial charge in [0.2, 0.25) is 5.95 Å². The molecule has 1 atom stereocenters. The lowest BCUT2D eigenvalue weighted by Gasteiger charge is -2.24. The van der Waals surface area contributed by atoms with E-state index < -0.39 is 17.8 Å². The number of nitriles is 1. The lowest BCUT2D eigenvalue weighted by Crippen LogP contribution is -2.30. The van der Waals surface area contributed by atoms with Gasteiger partial charge in [0.25, 0.3) is 0 Å². The fraction of sp³-hybridized carbons (Fsp3) is 0.154. The van der Waals surface area contributed by atoms with E-state index in [4.69, 9.17) is 23.2 Å². The van der Waals surface area contributed by atoms with E-state index in [1.165, 1.54) is 23.6 Å². The lowest BCUT2D eigenvalue weighted by atomic mass is 10.0. The standard InChI is InChI=1S/C26H22ClF2N9/c27-20-7-16(36-24(14-2-1-5-33-10-14)22(31)13-38(32)18-3-4-18)6-19-23(15(9-30)11-34-25(19)20)37-17-8-21(28)26(29)35-12-17/h1-2,5-8,10-13,18,24,36H,3-4,31-32H2,(H,34,37)/b22-13-/i24D. The Hall–Kier alpha value is -4.53. The van der Waals surface area contributed by atoms with E-state index in [1.54, 1.807) is 30.5 Å². The van der Waals surface area contributed by atoms with Crippen LogP contribution in [0.25, 0.3) is 10.9 Å².